The third-order valence-electron chi connectivity index (χ3n) is 2.82. The predicted octanol–water partition coefficient (Wildman–Crippen LogP) is -1.68. The van der Waals surface area contributed by atoms with Crippen LogP contribution in [0.25, 0.3) is 0 Å². The van der Waals surface area contributed by atoms with Gasteiger partial charge in [-0.2, -0.15) is 0 Å². The van der Waals surface area contributed by atoms with E-state index in [0.29, 0.717) is 0 Å². The van der Waals surface area contributed by atoms with Crippen LogP contribution in [-0.4, -0.2) is 61.9 Å². The topological polar surface area (TPSA) is 138 Å². The molecule has 8 nitrogen and oxygen atoms in total. The standard InChI is InChI=1S/C9H17NO7S2/c1-9(13,4-8(11)12)6-10-19(16,17)7-2-3-18(14,15)5-7/h7,10,13H,2-6H2,1H3,(H,11,12). The fraction of sp³-hybridized carbons (Fsp3) is 0.889. The summed E-state index contributed by atoms with van der Waals surface area (Å²) in [5, 5.41) is 17.2. The van der Waals surface area contributed by atoms with Crippen LogP contribution in [0.1, 0.15) is 19.8 Å². The Hall–Kier alpha value is -0.710. The zero-order valence-corrected chi connectivity index (χ0v) is 12.0. The first kappa shape index (κ1) is 16.3. The number of nitrogens with one attached hydrogen (secondary N) is 1. The Labute approximate surface area is 111 Å². The summed E-state index contributed by atoms with van der Waals surface area (Å²) in [7, 11) is -7.21. The van der Waals surface area contributed by atoms with Gasteiger partial charge in [0.2, 0.25) is 10.0 Å². The average Bonchev–Trinajstić information content (AvgIpc) is 2.55. The number of sulfone groups is 1. The summed E-state index contributed by atoms with van der Waals surface area (Å²) in [5.41, 5.74) is -1.73. The van der Waals surface area contributed by atoms with Gasteiger partial charge in [-0.15, -0.1) is 0 Å². The molecule has 112 valence electrons. The summed E-state index contributed by atoms with van der Waals surface area (Å²) in [4.78, 5) is 10.5. The highest BCUT2D eigenvalue weighted by Crippen LogP contribution is 2.19. The van der Waals surface area contributed by atoms with Crippen molar-refractivity contribution in [2.45, 2.75) is 30.6 Å². The molecular formula is C9H17NO7S2. The Morgan fingerprint density at radius 2 is 2.05 bits per heavy atom. The maximum Gasteiger partial charge on any atom is 0.306 e. The molecule has 0 saturated carbocycles. The van der Waals surface area contributed by atoms with Gasteiger partial charge in [-0.1, -0.05) is 0 Å². The van der Waals surface area contributed by atoms with Gasteiger partial charge in [0.05, 0.1) is 28.8 Å². The minimum Gasteiger partial charge on any atom is -0.481 e. The van der Waals surface area contributed by atoms with Gasteiger partial charge < -0.3 is 10.2 Å². The van der Waals surface area contributed by atoms with Crippen LogP contribution in [0.2, 0.25) is 0 Å². The van der Waals surface area contributed by atoms with Gasteiger partial charge in [0.1, 0.15) is 0 Å². The van der Waals surface area contributed by atoms with E-state index in [1.165, 1.54) is 6.92 Å². The van der Waals surface area contributed by atoms with E-state index >= 15 is 0 Å². The van der Waals surface area contributed by atoms with Crippen molar-refractivity contribution in [3.8, 4) is 0 Å². The molecule has 0 aromatic heterocycles. The zero-order chi connectivity index (χ0) is 14.9. The Bertz CT molecular complexity index is 549. The highest BCUT2D eigenvalue weighted by Gasteiger charge is 2.38. The lowest BCUT2D eigenvalue weighted by Crippen LogP contribution is -2.45. The second kappa shape index (κ2) is 5.35. The van der Waals surface area contributed by atoms with Gasteiger partial charge >= 0.3 is 5.97 Å². The molecule has 0 spiro atoms. The Kier molecular flexibility index (Phi) is 4.60. The molecule has 1 fully saturated rings. The molecule has 0 bridgehead atoms. The van der Waals surface area contributed by atoms with Crippen LogP contribution in [0.15, 0.2) is 0 Å². The van der Waals surface area contributed by atoms with E-state index in [1.807, 2.05) is 0 Å². The van der Waals surface area contributed by atoms with Crippen molar-refractivity contribution in [1.29, 1.82) is 0 Å². The number of hydrogen-bond donors (Lipinski definition) is 3. The first-order valence-corrected chi connectivity index (χ1v) is 8.93. The summed E-state index contributed by atoms with van der Waals surface area (Å²) in [6, 6.07) is 0. The third kappa shape index (κ3) is 5.05. The molecule has 3 N–H and O–H groups in total. The van der Waals surface area contributed by atoms with Crippen LogP contribution < -0.4 is 4.72 Å². The number of hydrogen-bond acceptors (Lipinski definition) is 6. The minimum atomic E-state index is -3.88. The molecule has 2 unspecified atom stereocenters. The zero-order valence-electron chi connectivity index (χ0n) is 10.4. The van der Waals surface area contributed by atoms with Crippen molar-refractivity contribution in [3.05, 3.63) is 0 Å². The normalized spacial score (nSPS) is 25.9. The lowest BCUT2D eigenvalue weighted by atomic mass is 10.0. The van der Waals surface area contributed by atoms with Crippen LogP contribution >= 0.6 is 0 Å². The van der Waals surface area contributed by atoms with Crippen molar-refractivity contribution in [2.75, 3.05) is 18.1 Å². The second-order valence-electron chi connectivity index (χ2n) is 4.96. The minimum absolute atomic E-state index is 0.0126. The van der Waals surface area contributed by atoms with Gasteiger partial charge in [0, 0.05) is 6.54 Å². The third-order valence-corrected chi connectivity index (χ3v) is 6.62. The molecule has 0 amide bonds. The highest BCUT2D eigenvalue weighted by atomic mass is 32.2. The largest absolute Gasteiger partial charge is 0.481 e. The van der Waals surface area contributed by atoms with Crippen LogP contribution in [0.4, 0.5) is 0 Å². The Morgan fingerprint density at radius 1 is 1.47 bits per heavy atom. The van der Waals surface area contributed by atoms with Crippen LogP contribution in [-0.2, 0) is 24.7 Å². The monoisotopic (exact) mass is 315 g/mol. The number of sulfonamides is 1. The smallest absolute Gasteiger partial charge is 0.306 e. The van der Waals surface area contributed by atoms with E-state index in [1.54, 1.807) is 0 Å². The fourth-order valence-corrected chi connectivity index (χ4v) is 5.98. The summed E-state index contributed by atoms with van der Waals surface area (Å²) in [6.45, 7) is 0.715. The molecule has 1 aliphatic heterocycles. The van der Waals surface area contributed by atoms with E-state index < -0.39 is 55.4 Å². The van der Waals surface area contributed by atoms with Crippen LogP contribution in [0.3, 0.4) is 0 Å². The lowest BCUT2D eigenvalue weighted by molar-refractivity contribution is -0.141. The number of aliphatic carboxylic acids is 1. The SMILES string of the molecule is CC(O)(CNS(=O)(=O)C1CCS(=O)(=O)C1)CC(=O)O. The summed E-state index contributed by atoms with van der Waals surface area (Å²) < 4.78 is 48.1. The predicted molar refractivity (Wildman–Crippen MR) is 66.9 cm³/mol. The van der Waals surface area contributed by atoms with Crippen molar-refractivity contribution >= 4 is 25.8 Å². The van der Waals surface area contributed by atoms with Crippen molar-refractivity contribution in [1.82, 2.24) is 4.72 Å². The van der Waals surface area contributed by atoms with E-state index in [4.69, 9.17) is 5.11 Å². The van der Waals surface area contributed by atoms with E-state index in [9.17, 15) is 26.7 Å². The molecule has 1 rings (SSSR count). The van der Waals surface area contributed by atoms with E-state index in [0.717, 1.165) is 0 Å². The molecule has 1 heterocycles. The fourth-order valence-electron chi connectivity index (χ4n) is 1.77. The number of carbonyl (C=O) groups is 1. The number of carboxylic acid groups (broad SMARTS) is 1. The maximum absolute atomic E-state index is 11.8. The Morgan fingerprint density at radius 3 is 2.47 bits per heavy atom. The van der Waals surface area contributed by atoms with Gasteiger partial charge in [-0.05, 0) is 13.3 Å². The Balaban J connectivity index is 2.64. The number of carboxylic acids is 1. The lowest BCUT2D eigenvalue weighted by Gasteiger charge is -2.22. The molecule has 1 saturated heterocycles. The highest BCUT2D eigenvalue weighted by molar-refractivity contribution is 7.95. The number of aliphatic hydroxyl groups is 1. The summed E-state index contributed by atoms with van der Waals surface area (Å²) in [6.07, 6.45) is -0.600. The molecule has 19 heavy (non-hydrogen) atoms. The molecule has 0 aliphatic carbocycles. The first-order valence-electron chi connectivity index (χ1n) is 5.57. The average molecular weight is 315 g/mol. The maximum atomic E-state index is 11.8. The van der Waals surface area contributed by atoms with Gasteiger partial charge in [-0.3, -0.25) is 4.79 Å². The molecule has 10 heteroatoms. The first-order chi connectivity index (χ1) is 8.44. The van der Waals surface area contributed by atoms with E-state index in [-0.39, 0.29) is 12.2 Å². The molecule has 1 aliphatic rings. The van der Waals surface area contributed by atoms with Gasteiger partial charge in [0.15, 0.2) is 9.84 Å². The quantitative estimate of drug-likeness (QED) is 0.532. The number of rotatable bonds is 6. The van der Waals surface area contributed by atoms with Gasteiger partial charge in [0.25, 0.3) is 0 Å². The van der Waals surface area contributed by atoms with Crippen LogP contribution in [0.5, 0.6) is 0 Å². The van der Waals surface area contributed by atoms with Gasteiger partial charge in [-0.25, -0.2) is 21.6 Å². The summed E-state index contributed by atoms with van der Waals surface area (Å²) in [5.74, 6) is -1.87. The van der Waals surface area contributed by atoms with Crippen molar-refractivity contribution in [3.63, 3.8) is 0 Å². The van der Waals surface area contributed by atoms with Crippen LogP contribution in [0, 0.1) is 0 Å². The summed E-state index contributed by atoms with van der Waals surface area (Å²) >= 11 is 0. The second-order valence-corrected chi connectivity index (χ2v) is 9.23. The van der Waals surface area contributed by atoms with Crippen molar-refractivity contribution < 1.29 is 31.8 Å². The molecule has 0 radical (unpaired) electrons. The molecule has 2 atom stereocenters. The molecule has 0 aromatic rings. The van der Waals surface area contributed by atoms with Crippen molar-refractivity contribution in [2.24, 2.45) is 0 Å². The molecule has 0 aromatic carbocycles. The van der Waals surface area contributed by atoms with E-state index in [2.05, 4.69) is 4.72 Å². The molecular weight excluding hydrogens is 298 g/mol.